The number of carbonyl (C=O) groups is 1. The molecule has 4 N–H and O–H groups in total. The van der Waals surface area contributed by atoms with Crippen LogP contribution in [0.2, 0.25) is 0 Å². The molecule has 17 heavy (non-hydrogen) atoms. The van der Waals surface area contributed by atoms with Crippen molar-refractivity contribution in [3.63, 3.8) is 0 Å². The third kappa shape index (κ3) is 5.36. The van der Waals surface area contributed by atoms with Crippen molar-refractivity contribution in [1.82, 2.24) is 5.32 Å². The van der Waals surface area contributed by atoms with Crippen LogP contribution >= 0.6 is 0 Å². The predicted molar refractivity (Wildman–Crippen MR) is 68.4 cm³/mol. The van der Waals surface area contributed by atoms with E-state index in [0.29, 0.717) is 19.4 Å². The van der Waals surface area contributed by atoms with E-state index in [0.717, 1.165) is 11.3 Å². The molecule has 1 unspecified atom stereocenters. The molecule has 0 fully saturated rings. The Kier molecular flexibility index (Phi) is 5.49. The van der Waals surface area contributed by atoms with Gasteiger partial charge >= 0.3 is 0 Å². The van der Waals surface area contributed by atoms with Crippen molar-refractivity contribution in [2.24, 2.45) is 5.92 Å². The summed E-state index contributed by atoms with van der Waals surface area (Å²) in [6.45, 7) is 2.50. The maximum absolute atomic E-state index is 11.5. The minimum absolute atomic E-state index is 0.00715. The molecule has 1 aromatic rings. The molecular weight excluding hydrogens is 216 g/mol. The Morgan fingerprint density at radius 1 is 1.53 bits per heavy atom. The van der Waals surface area contributed by atoms with Gasteiger partial charge in [-0.15, -0.1) is 0 Å². The number of aliphatic hydroxyl groups excluding tert-OH is 1. The summed E-state index contributed by atoms with van der Waals surface area (Å²) in [6.07, 6.45) is 1.13. The Morgan fingerprint density at radius 3 is 2.94 bits per heavy atom. The van der Waals surface area contributed by atoms with Crippen LogP contribution in [0.25, 0.3) is 0 Å². The topological polar surface area (TPSA) is 75.3 Å². The summed E-state index contributed by atoms with van der Waals surface area (Å²) in [5.74, 6) is 0.110. The lowest BCUT2D eigenvalue weighted by Gasteiger charge is -2.09. The molecule has 0 bridgehead atoms. The van der Waals surface area contributed by atoms with Crippen molar-refractivity contribution < 1.29 is 9.90 Å². The quantitative estimate of drug-likeness (QED) is 0.644. The molecule has 0 saturated heterocycles. The van der Waals surface area contributed by atoms with Gasteiger partial charge in [-0.05, 0) is 30.0 Å². The molecule has 0 aliphatic rings. The van der Waals surface area contributed by atoms with Gasteiger partial charge in [-0.1, -0.05) is 19.1 Å². The van der Waals surface area contributed by atoms with E-state index in [1.54, 1.807) is 0 Å². The maximum atomic E-state index is 11.5. The molecule has 0 aromatic heterocycles. The average Bonchev–Trinajstić information content (AvgIpc) is 2.33. The molecule has 0 aliphatic carbocycles. The van der Waals surface area contributed by atoms with Gasteiger partial charge in [0, 0.05) is 25.3 Å². The number of hydrogen-bond donors (Lipinski definition) is 3. The highest BCUT2D eigenvalue weighted by molar-refractivity contribution is 5.76. The maximum Gasteiger partial charge on any atom is 0.220 e. The number of rotatable bonds is 6. The van der Waals surface area contributed by atoms with Crippen molar-refractivity contribution in [2.75, 3.05) is 18.9 Å². The highest BCUT2D eigenvalue weighted by atomic mass is 16.3. The molecule has 1 amide bonds. The molecule has 0 radical (unpaired) electrons. The van der Waals surface area contributed by atoms with E-state index < -0.39 is 0 Å². The van der Waals surface area contributed by atoms with Crippen LogP contribution in [0.1, 0.15) is 18.9 Å². The van der Waals surface area contributed by atoms with E-state index in [9.17, 15) is 4.79 Å². The standard InChI is InChI=1S/C13H20N2O2/c1-10(9-16)8-15-13(17)6-5-11-3-2-4-12(14)7-11/h2-4,7,10,16H,5-6,8-9,14H2,1H3,(H,15,17). The Morgan fingerprint density at radius 2 is 2.29 bits per heavy atom. The van der Waals surface area contributed by atoms with Gasteiger partial charge < -0.3 is 16.2 Å². The van der Waals surface area contributed by atoms with Crippen LogP contribution in [0.3, 0.4) is 0 Å². The lowest BCUT2D eigenvalue weighted by molar-refractivity contribution is -0.121. The summed E-state index contributed by atoms with van der Waals surface area (Å²) in [7, 11) is 0. The Labute approximate surface area is 102 Å². The van der Waals surface area contributed by atoms with Gasteiger partial charge in [0.25, 0.3) is 0 Å². The molecule has 1 atom stereocenters. The number of nitrogen functional groups attached to an aromatic ring is 1. The fraction of sp³-hybridized carbons (Fsp3) is 0.462. The highest BCUT2D eigenvalue weighted by Gasteiger charge is 2.05. The first kappa shape index (κ1) is 13.5. The lowest BCUT2D eigenvalue weighted by Crippen LogP contribution is -2.29. The van der Waals surface area contributed by atoms with Crippen LogP contribution in [0.5, 0.6) is 0 Å². The van der Waals surface area contributed by atoms with E-state index in [2.05, 4.69) is 5.32 Å². The second kappa shape index (κ2) is 6.91. The van der Waals surface area contributed by atoms with Crippen LogP contribution in [0.15, 0.2) is 24.3 Å². The Balaban J connectivity index is 2.28. The normalized spacial score (nSPS) is 12.1. The zero-order valence-corrected chi connectivity index (χ0v) is 10.1. The highest BCUT2D eigenvalue weighted by Crippen LogP contribution is 2.08. The molecule has 1 rings (SSSR count). The predicted octanol–water partition coefficient (Wildman–Crippen LogP) is 0.946. The molecule has 0 heterocycles. The number of carbonyl (C=O) groups excluding carboxylic acids is 1. The van der Waals surface area contributed by atoms with Gasteiger partial charge in [-0.25, -0.2) is 0 Å². The summed E-state index contributed by atoms with van der Waals surface area (Å²) >= 11 is 0. The van der Waals surface area contributed by atoms with Crippen molar-refractivity contribution in [3.05, 3.63) is 29.8 Å². The third-order valence-electron chi connectivity index (χ3n) is 2.55. The van der Waals surface area contributed by atoms with Crippen molar-refractivity contribution in [2.45, 2.75) is 19.8 Å². The first-order valence-corrected chi connectivity index (χ1v) is 5.83. The smallest absolute Gasteiger partial charge is 0.220 e. The van der Waals surface area contributed by atoms with Gasteiger partial charge in [0.15, 0.2) is 0 Å². The van der Waals surface area contributed by atoms with E-state index in [1.165, 1.54) is 0 Å². The zero-order chi connectivity index (χ0) is 12.7. The Hall–Kier alpha value is -1.55. The first-order chi connectivity index (χ1) is 8.11. The van der Waals surface area contributed by atoms with E-state index in [4.69, 9.17) is 10.8 Å². The van der Waals surface area contributed by atoms with Crippen molar-refractivity contribution in [3.8, 4) is 0 Å². The molecule has 1 aromatic carbocycles. The van der Waals surface area contributed by atoms with Gasteiger partial charge in [-0.3, -0.25) is 4.79 Å². The van der Waals surface area contributed by atoms with Gasteiger partial charge in [0.2, 0.25) is 5.91 Å². The van der Waals surface area contributed by atoms with E-state index >= 15 is 0 Å². The van der Waals surface area contributed by atoms with Gasteiger partial charge in [0.1, 0.15) is 0 Å². The molecule has 94 valence electrons. The summed E-state index contributed by atoms with van der Waals surface area (Å²) < 4.78 is 0. The van der Waals surface area contributed by atoms with Crippen LogP contribution in [-0.4, -0.2) is 24.2 Å². The van der Waals surface area contributed by atoms with Crippen LogP contribution < -0.4 is 11.1 Å². The summed E-state index contributed by atoms with van der Waals surface area (Å²) in [6, 6.07) is 7.55. The summed E-state index contributed by atoms with van der Waals surface area (Å²) in [5.41, 5.74) is 7.44. The number of benzene rings is 1. The molecule has 0 spiro atoms. The fourth-order valence-corrected chi connectivity index (χ4v) is 1.45. The number of anilines is 1. The number of nitrogens with one attached hydrogen (secondary N) is 1. The minimum Gasteiger partial charge on any atom is -0.399 e. The van der Waals surface area contributed by atoms with E-state index in [1.807, 2.05) is 31.2 Å². The molecule has 4 heteroatoms. The fourth-order valence-electron chi connectivity index (χ4n) is 1.45. The molecule has 4 nitrogen and oxygen atoms in total. The second-order valence-electron chi connectivity index (χ2n) is 4.34. The SMILES string of the molecule is CC(CO)CNC(=O)CCc1cccc(N)c1. The summed E-state index contributed by atoms with van der Waals surface area (Å²) in [5, 5.41) is 11.6. The number of amides is 1. The van der Waals surface area contributed by atoms with Crippen LogP contribution in [-0.2, 0) is 11.2 Å². The third-order valence-corrected chi connectivity index (χ3v) is 2.55. The summed E-state index contributed by atoms with van der Waals surface area (Å²) in [4.78, 5) is 11.5. The molecule has 0 aliphatic heterocycles. The van der Waals surface area contributed by atoms with Crippen LogP contribution in [0, 0.1) is 5.92 Å². The second-order valence-corrected chi connectivity index (χ2v) is 4.34. The monoisotopic (exact) mass is 236 g/mol. The number of aryl methyl sites for hydroxylation is 1. The first-order valence-electron chi connectivity index (χ1n) is 5.83. The number of nitrogens with two attached hydrogens (primary N) is 1. The molecule has 0 saturated carbocycles. The average molecular weight is 236 g/mol. The largest absolute Gasteiger partial charge is 0.399 e. The van der Waals surface area contributed by atoms with E-state index in [-0.39, 0.29) is 18.4 Å². The van der Waals surface area contributed by atoms with Crippen LogP contribution in [0.4, 0.5) is 5.69 Å². The zero-order valence-electron chi connectivity index (χ0n) is 10.1. The number of hydrogen-bond acceptors (Lipinski definition) is 3. The Bertz CT molecular complexity index is 366. The lowest BCUT2D eigenvalue weighted by atomic mass is 10.1. The van der Waals surface area contributed by atoms with Crippen molar-refractivity contribution >= 4 is 11.6 Å². The van der Waals surface area contributed by atoms with Gasteiger partial charge in [-0.2, -0.15) is 0 Å². The minimum atomic E-state index is 0.00715. The number of aliphatic hydroxyl groups is 1. The van der Waals surface area contributed by atoms with Crippen molar-refractivity contribution in [1.29, 1.82) is 0 Å². The molecular formula is C13H20N2O2. The van der Waals surface area contributed by atoms with Gasteiger partial charge in [0.05, 0.1) is 0 Å².